The van der Waals surface area contributed by atoms with Gasteiger partial charge in [-0.25, -0.2) is 0 Å². The minimum absolute atomic E-state index is 0.124. The largest absolute Gasteiger partial charge is 0.497 e. The van der Waals surface area contributed by atoms with E-state index in [4.69, 9.17) is 4.74 Å². The van der Waals surface area contributed by atoms with Gasteiger partial charge in [-0.05, 0) is 30.5 Å². The second-order valence-electron chi connectivity index (χ2n) is 6.38. The van der Waals surface area contributed by atoms with Crippen molar-refractivity contribution in [3.63, 3.8) is 0 Å². The molecule has 0 bridgehead atoms. The van der Waals surface area contributed by atoms with E-state index in [0.29, 0.717) is 18.0 Å². The maximum Gasteiger partial charge on any atom is 0.252 e. The van der Waals surface area contributed by atoms with Gasteiger partial charge in [-0.2, -0.15) is 0 Å². The summed E-state index contributed by atoms with van der Waals surface area (Å²) < 4.78 is 6.69. The Labute approximate surface area is 147 Å². The number of hydrogen-bond donors (Lipinski definition) is 1. The molecule has 1 aromatic carbocycles. The number of aromatic nitrogens is 1. The second kappa shape index (κ2) is 7.42. The van der Waals surface area contributed by atoms with Crippen LogP contribution in [0, 0.1) is 5.92 Å². The molecule has 2 aromatic rings. The maximum atomic E-state index is 12.2. The van der Waals surface area contributed by atoms with Crippen molar-refractivity contribution in [2.75, 3.05) is 31.6 Å². The number of hydrogen-bond acceptors (Lipinski definition) is 4. The van der Waals surface area contributed by atoms with Crippen LogP contribution in [-0.2, 0) is 7.05 Å². The average molecular weight is 341 g/mol. The minimum atomic E-state index is -0.143. The molecule has 0 saturated carbocycles. The van der Waals surface area contributed by atoms with Gasteiger partial charge in [0.1, 0.15) is 5.75 Å². The van der Waals surface area contributed by atoms with Crippen molar-refractivity contribution in [3.8, 4) is 5.75 Å². The predicted octanol–water partition coefficient (Wildman–Crippen LogP) is 1.65. The van der Waals surface area contributed by atoms with Crippen LogP contribution in [0.3, 0.4) is 0 Å². The predicted molar refractivity (Wildman–Crippen MR) is 97.3 cm³/mol. The fourth-order valence-electron chi connectivity index (χ4n) is 3.11. The normalized spacial score (nSPS) is 16.7. The number of ether oxygens (including phenoxy) is 1. The highest BCUT2D eigenvalue weighted by Gasteiger charge is 2.23. The first-order valence-corrected chi connectivity index (χ1v) is 8.40. The topological polar surface area (TPSA) is 63.6 Å². The monoisotopic (exact) mass is 341 g/mol. The Morgan fingerprint density at radius 2 is 2.16 bits per heavy atom. The molecule has 25 heavy (non-hydrogen) atoms. The van der Waals surface area contributed by atoms with Gasteiger partial charge >= 0.3 is 0 Å². The molecular weight excluding hydrogens is 318 g/mol. The van der Waals surface area contributed by atoms with Gasteiger partial charge in [0.15, 0.2) is 0 Å². The van der Waals surface area contributed by atoms with Gasteiger partial charge in [-0.15, -0.1) is 0 Å². The standard InChI is InChI=1S/C19H23N3O3/c1-21-13-15(6-7-18(21)23)19(24)20-11-14-8-9-22(12-14)16-4-3-5-17(10-16)25-2/h3-7,10,13-14H,8-9,11-12H2,1-2H3,(H,20,24)/t14-/m1/s1. The molecule has 1 atom stereocenters. The highest BCUT2D eigenvalue weighted by molar-refractivity contribution is 5.93. The Hall–Kier alpha value is -2.76. The molecule has 1 aliphatic rings. The number of pyridine rings is 1. The third-order valence-corrected chi connectivity index (χ3v) is 4.60. The number of benzene rings is 1. The summed E-state index contributed by atoms with van der Waals surface area (Å²) in [6, 6.07) is 11.0. The van der Waals surface area contributed by atoms with Crippen LogP contribution in [0.2, 0.25) is 0 Å². The van der Waals surface area contributed by atoms with E-state index in [1.807, 2.05) is 18.2 Å². The molecule has 1 saturated heterocycles. The molecule has 1 fully saturated rings. The van der Waals surface area contributed by atoms with Crippen LogP contribution in [0.5, 0.6) is 5.75 Å². The number of aryl methyl sites for hydroxylation is 1. The summed E-state index contributed by atoms with van der Waals surface area (Å²) in [7, 11) is 3.31. The van der Waals surface area contributed by atoms with Crippen molar-refractivity contribution in [1.29, 1.82) is 0 Å². The van der Waals surface area contributed by atoms with E-state index in [-0.39, 0.29) is 11.5 Å². The molecule has 6 nitrogen and oxygen atoms in total. The highest BCUT2D eigenvalue weighted by atomic mass is 16.5. The molecule has 6 heteroatoms. The molecule has 2 heterocycles. The van der Waals surface area contributed by atoms with E-state index in [9.17, 15) is 9.59 Å². The molecule has 0 radical (unpaired) electrons. The van der Waals surface area contributed by atoms with Gasteiger partial charge in [0.05, 0.1) is 12.7 Å². The SMILES string of the molecule is COc1cccc(N2CC[C@H](CNC(=O)c3ccc(=O)n(C)c3)C2)c1. The van der Waals surface area contributed by atoms with Gasteiger partial charge in [-0.3, -0.25) is 9.59 Å². The lowest BCUT2D eigenvalue weighted by atomic mass is 10.1. The molecule has 0 unspecified atom stereocenters. The van der Waals surface area contributed by atoms with Crippen molar-refractivity contribution in [1.82, 2.24) is 9.88 Å². The van der Waals surface area contributed by atoms with Gasteiger partial charge in [-0.1, -0.05) is 6.07 Å². The first kappa shape index (κ1) is 17.1. The highest BCUT2D eigenvalue weighted by Crippen LogP contribution is 2.26. The average Bonchev–Trinajstić information content (AvgIpc) is 3.11. The van der Waals surface area contributed by atoms with E-state index < -0.39 is 0 Å². The summed E-state index contributed by atoms with van der Waals surface area (Å²) in [5.41, 5.74) is 1.53. The second-order valence-corrected chi connectivity index (χ2v) is 6.38. The van der Waals surface area contributed by atoms with E-state index >= 15 is 0 Å². The third-order valence-electron chi connectivity index (χ3n) is 4.60. The molecule has 0 aliphatic carbocycles. The smallest absolute Gasteiger partial charge is 0.252 e. The van der Waals surface area contributed by atoms with Gasteiger partial charge < -0.3 is 19.5 Å². The summed E-state index contributed by atoms with van der Waals surface area (Å²) >= 11 is 0. The van der Waals surface area contributed by atoms with E-state index in [1.54, 1.807) is 26.4 Å². The van der Waals surface area contributed by atoms with Crippen LogP contribution in [0.25, 0.3) is 0 Å². The van der Waals surface area contributed by atoms with E-state index in [0.717, 1.165) is 30.9 Å². The van der Waals surface area contributed by atoms with Crippen LogP contribution >= 0.6 is 0 Å². The number of nitrogens with zero attached hydrogens (tertiary/aromatic N) is 2. The maximum absolute atomic E-state index is 12.2. The zero-order valence-corrected chi connectivity index (χ0v) is 14.6. The Morgan fingerprint density at radius 1 is 1.32 bits per heavy atom. The number of rotatable bonds is 5. The van der Waals surface area contributed by atoms with Crippen molar-refractivity contribution >= 4 is 11.6 Å². The Morgan fingerprint density at radius 3 is 2.92 bits per heavy atom. The molecule has 3 rings (SSSR count). The van der Waals surface area contributed by atoms with Crippen LogP contribution in [0.15, 0.2) is 47.4 Å². The summed E-state index contributed by atoms with van der Waals surface area (Å²) in [4.78, 5) is 25.9. The number of methoxy groups -OCH3 is 1. The number of carbonyl (C=O) groups excluding carboxylic acids is 1. The lowest BCUT2D eigenvalue weighted by molar-refractivity contribution is 0.0947. The fourth-order valence-corrected chi connectivity index (χ4v) is 3.11. The molecular formula is C19H23N3O3. The van der Waals surface area contributed by atoms with Crippen LogP contribution in [0.4, 0.5) is 5.69 Å². The lowest BCUT2D eigenvalue weighted by Gasteiger charge is -2.19. The molecule has 132 valence electrons. The van der Waals surface area contributed by atoms with Crippen molar-refractivity contribution in [2.45, 2.75) is 6.42 Å². The number of anilines is 1. The third kappa shape index (κ3) is 4.02. The quantitative estimate of drug-likeness (QED) is 0.898. The molecule has 0 spiro atoms. The summed E-state index contributed by atoms with van der Waals surface area (Å²) in [5.74, 6) is 1.11. The van der Waals surface area contributed by atoms with Crippen molar-refractivity contribution in [3.05, 3.63) is 58.5 Å². The zero-order chi connectivity index (χ0) is 17.8. The fraction of sp³-hybridized carbons (Fsp3) is 0.368. The molecule has 1 amide bonds. The number of amides is 1. The van der Waals surface area contributed by atoms with Crippen LogP contribution < -0.4 is 20.5 Å². The molecule has 1 aliphatic heterocycles. The van der Waals surface area contributed by atoms with Crippen LogP contribution in [0.1, 0.15) is 16.8 Å². The summed E-state index contributed by atoms with van der Waals surface area (Å²) in [5, 5.41) is 2.98. The number of carbonyl (C=O) groups is 1. The van der Waals surface area contributed by atoms with Crippen molar-refractivity contribution < 1.29 is 9.53 Å². The van der Waals surface area contributed by atoms with E-state index in [2.05, 4.69) is 16.3 Å². The Bertz CT molecular complexity index is 816. The molecule has 1 aromatic heterocycles. The van der Waals surface area contributed by atoms with E-state index in [1.165, 1.54) is 10.6 Å². The minimum Gasteiger partial charge on any atom is -0.497 e. The van der Waals surface area contributed by atoms with Gasteiger partial charge in [0, 0.05) is 50.7 Å². The summed E-state index contributed by atoms with van der Waals surface area (Å²) in [6.07, 6.45) is 2.60. The lowest BCUT2D eigenvalue weighted by Crippen LogP contribution is -2.31. The Balaban J connectivity index is 1.55. The first-order valence-electron chi connectivity index (χ1n) is 8.40. The summed E-state index contributed by atoms with van der Waals surface area (Å²) in [6.45, 7) is 2.50. The zero-order valence-electron chi connectivity index (χ0n) is 14.6. The van der Waals surface area contributed by atoms with Crippen molar-refractivity contribution in [2.24, 2.45) is 13.0 Å². The molecule has 1 N–H and O–H groups in total. The first-order chi connectivity index (χ1) is 12.1. The number of nitrogens with one attached hydrogen (secondary N) is 1. The van der Waals surface area contributed by atoms with Crippen LogP contribution in [-0.4, -0.2) is 37.2 Å². The van der Waals surface area contributed by atoms with Gasteiger partial charge in [0.2, 0.25) is 5.56 Å². The Kier molecular flexibility index (Phi) is 5.07. The van der Waals surface area contributed by atoms with Gasteiger partial charge in [0.25, 0.3) is 5.91 Å².